The van der Waals surface area contributed by atoms with Crippen molar-refractivity contribution in [2.24, 2.45) is 0 Å². The average molecular weight is 310 g/mol. The molecule has 6 nitrogen and oxygen atoms in total. The van der Waals surface area contributed by atoms with Crippen LogP contribution in [0.25, 0.3) is 0 Å². The summed E-state index contributed by atoms with van der Waals surface area (Å²) in [5, 5.41) is 11.5. The van der Waals surface area contributed by atoms with Crippen LogP contribution < -0.4 is 10.1 Å². The van der Waals surface area contributed by atoms with Gasteiger partial charge >= 0.3 is 5.97 Å². The van der Waals surface area contributed by atoms with Gasteiger partial charge in [0.15, 0.2) is 0 Å². The number of nitrogens with zero attached hydrogens (tertiary/aromatic N) is 1. The van der Waals surface area contributed by atoms with Crippen LogP contribution in [0.4, 0.5) is 9.39 Å². The maximum atomic E-state index is 13.8. The summed E-state index contributed by atoms with van der Waals surface area (Å²) in [6.45, 7) is 1.52. The fourth-order valence-corrected chi connectivity index (χ4v) is 2.47. The number of aromatic nitrogens is 1. The zero-order valence-corrected chi connectivity index (χ0v) is 12.0. The number of carboxylic acid groups (broad SMARTS) is 1. The number of aryl methyl sites for hydroxylation is 1. The zero-order valence-electron chi connectivity index (χ0n) is 11.1. The van der Waals surface area contributed by atoms with Crippen molar-refractivity contribution in [1.82, 2.24) is 4.37 Å². The predicted molar refractivity (Wildman–Crippen MR) is 74.7 cm³/mol. The van der Waals surface area contributed by atoms with Crippen molar-refractivity contribution in [3.05, 3.63) is 40.8 Å². The first-order chi connectivity index (χ1) is 9.93. The van der Waals surface area contributed by atoms with E-state index < -0.39 is 17.7 Å². The van der Waals surface area contributed by atoms with Crippen LogP contribution in [0.15, 0.2) is 18.2 Å². The lowest BCUT2D eigenvalue weighted by Crippen LogP contribution is -2.15. The molecule has 0 saturated carbocycles. The topological polar surface area (TPSA) is 88.5 Å². The van der Waals surface area contributed by atoms with Gasteiger partial charge in [-0.1, -0.05) is 0 Å². The molecule has 0 saturated heterocycles. The van der Waals surface area contributed by atoms with Gasteiger partial charge in [-0.25, -0.2) is 9.18 Å². The van der Waals surface area contributed by atoms with Crippen LogP contribution in [0.2, 0.25) is 0 Å². The van der Waals surface area contributed by atoms with E-state index in [1.165, 1.54) is 26.2 Å². The third-order valence-electron chi connectivity index (χ3n) is 2.72. The minimum atomic E-state index is -1.20. The molecule has 0 aliphatic rings. The number of benzene rings is 1. The van der Waals surface area contributed by atoms with E-state index in [-0.39, 0.29) is 27.6 Å². The van der Waals surface area contributed by atoms with Crippen molar-refractivity contribution < 1.29 is 23.8 Å². The molecule has 0 unspecified atom stereocenters. The van der Waals surface area contributed by atoms with Crippen molar-refractivity contribution >= 4 is 28.4 Å². The van der Waals surface area contributed by atoms with E-state index in [2.05, 4.69) is 9.69 Å². The molecular formula is C13H11FN2O4S. The molecule has 0 spiro atoms. The highest BCUT2D eigenvalue weighted by Gasteiger charge is 2.21. The van der Waals surface area contributed by atoms with E-state index >= 15 is 0 Å². The average Bonchev–Trinajstić information content (AvgIpc) is 2.79. The molecule has 2 aromatic rings. The lowest BCUT2D eigenvalue weighted by atomic mass is 10.2. The van der Waals surface area contributed by atoms with Crippen LogP contribution in [0.3, 0.4) is 0 Å². The Bertz CT molecular complexity index is 714. The third kappa shape index (κ3) is 3.00. The highest BCUT2D eigenvalue weighted by molar-refractivity contribution is 7.11. The second kappa shape index (κ2) is 5.88. The molecule has 0 aliphatic carbocycles. The van der Waals surface area contributed by atoms with Crippen molar-refractivity contribution in [3.63, 3.8) is 0 Å². The molecule has 110 valence electrons. The van der Waals surface area contributed by atoms with Gasteiger partial charge in [-0.05, 0) is 30.6 Å². The summed E-state index contributed by atoms with van der Waals surface area (Å²) in [7, 11) is 1.38. The number of hydrogen-bond donors (Lipinski definition) is 2. The van der Waals surface area contributed by atoms with E-state index in [9.17, 15) is 14.0 Å². The number of amides is 1. The molecule has 2 rings (SSSR count). The lowest BCUT2D eigenvalue weighted by Gasteiger charge is -2.06. The first kappa shape index (κ1) is 14.9. The molecule has 1 heterocycles. The van der Waals surface area contributed by atoms with Gasteiger partial charge in [-0.3, -0.25) is 4.79 Å². The number of carbonyl (C=O) groups is 2. The fraction of sp³-hybridized carbons (Fsp3) is 0.154. The zero-order chi connectivity index (χ0) is 15.6. The molecule has 0 radical (unpaired) electrons. The molecule has 0 bridgehead atoms. The summed E-state index contributed by atoms with van der Waals surface area (Å²) in [5.41, 5.74) is -0.0153. The van der Waals surface area contributed by atoms with Crippen LogP contribution in [0.5, 0.6) is 5.75 Å². The lowest BCUT2D eigenvalue weighted by molar-refractivity contribution is 0.0697. The number of hydrogen-bond acceptors (Lipinski definition) is 5. The van der Waals surface area contributed by atoms with E-state index in [4.69, 9.17) is 9.84 Å². The monoisotopic (exact) mass is 310 g/mol. The molecule has 2 N–H and O–H groups in total. The van der Waals surface area contributed by atoms with Crippen molar-refractivity contribution in [1.29, 1.82) is 0 Å². The number of carboxylic acids is 1. The Labute approximate surface area is 123 Å². The van der Waals surface area contributed by atoms with Crippen molar-refractivity contribution in [2.75, 3.05) is 12.4 Å². The Balaban J connectivity index is 2.28. The highest BCUT2D eigenvalue weighted by atomic mass is 32.1. The Morgan fingerprint density at radius 2 is 2.14 bits per heavy atom. The first-order valence-corrected chi connectivity index (χ1v) is 6.55. The van der Waals surface area contributed by atoms with E-state index in [1.54, 1.807) is 0 Å². The van der Waals surface area contributed by atoms with Gasteiger partial charge in [-0.15, -0.1) is 0 Å². The van der Waals surface area contributed by atoms with E-state index in [0.717, 1.165) is 17.6 Å². The molecule has 0 aliphatic heterocycles. The Morgan fingerprint density at radius 3 is 2.71 bits per heavy atom. The number of nitrogens with one attached hydrogen (secondary N) is 1. The summed E-state index contributed by atoms with van der Waals surface area (Å²) in [5.74, 6) is -2.43. The maximum Gasteiger partial charge on any atom is 0.340 e. The third-order valence-corrected chi connectivity index (χ3v) is 3.58. The minimum Gasteiger partial charge on any atom is -0.497 e. The summed E-state index contributed by atoms with van der Waals surface area (Å²) in [6.07, 6.45) is 0. The van der Waals surface area contributed by atoms with Gasteiger partial charge in [0.25, 0.3) is 5.91 Å². The number of rotatable bonds is 4. The Morgan fingerprint density at radius 1 is 1.43 bits per heavy atom. The first-order valence-electron chi connectivity index (χ1n) is 5.78. The van der Waals surface area contributed by atoms with Gasteiger partial charge < -0.3 is 15.2 Å². The molecule has 1 aromatic carbocycles. The number of carbonyl (C=O) groups excluding carboxylic acids is 1. The number of halogens is 1. The molecule has 0 atom stereocenters. The molecule has 1 amide bonds. The summed E-state index contributed by atoms with van der Waals surface area (Å²) < 4.78 is 22.5. The van der Waals surface area contributed by atoms with Crippen LogP contribution in [-0.4, -0.2) is 28.5 Å². The largest absolute Gasteiger partial charge is 0.497 e. The number of aromatic carboxylic acids is 1. The summed E-state index contributed by atoms with van der Waals surface area (Å²) >= 11 is 0.831. The summed E-state index contributed by atoms with van der Waals surface area (Å²) in [4.78, 5) is 23.1. The van der Waals surface area contributed by atoms with Gasteiger partial charge in [0, 0.05) is 6.07 Å². The maximum absolute atomic E-state index is 13.8. The second-order valence-electron chi connectivity index (χ2n) is 4.08. The normalized spacial score (nSPS) is 10.2. The van der Waals surface area contributed by atoms with Crippen LogP contribution in [-0.2, 0) is 0 Å². The number of anilines is 1. The summed E-state index contributed by atoms with van der Waals surface area (Å²) in [6, 6.07) is 3.77. The van der Waals surface area contributed by atoms with Crippen LogP contribution >= 0.6 is 11.5 Å². The van der Waals surface area contributed by atoms with Crippen LogP contribution in [0, 0.1) is 12.7 Å². The van der Waals surface area contributed by atoms with E-state index in [0.29, 0.717) is 0 Å². The SMILES string of the molecule is COc1ccc(C(=O)Nc2snc(C)c2C(=O)O)c(F)c1. The van der Waals surface area contributed by atoms with Crippen molar-refractivity contribution in [2.45, 2.75) is 6.92 Å². The predicted octanol–water partition coefficient (Wildman–Crippen LogP) is 2.55. The number of ether oxygens (including phenoxy) is 1. The Kier molecular flexibility index (Phi) is 4.18. The fourth-order valence-electron chi connectivity index (χ4n) is 1.68. The quantitative estimate of drug-likeness (QED) is 0.906. The second-order valence-corrected chi connectivity index (χ2v) is 4.85. The van der Waals surface area contributed by atoms with Gasteiger partial charge in [0.05, 0.1) is 18.4 Å². The standard InChI is InChI=1S/C13H11FN2O4S/c1-6-10(13(18)19)12(21-16-6)15-11(17)8-4-3-7(20-2)5-9(8)14/h3-5H,1-2H3,(H,15,17)(H,18,19). The van der Waals surface area contributed by atoms with Gasteiger partial charge in [0.2, 0.25) is 0 Å². The molecule has 21 heavy (non-hydrogen) atoms. The highest BCUT2D eigenvalue weighted by Crippen LogP contribution is 2.25. The van der Waals surface area contributed by atoms with Gasteiger partial charge in [-0.2, -0.15) is 4.37 Å². The number of methoxy groups -OCH3 is 1. The minimum absolute atomic E-state index is 0.0696. The smallest absolute Gasteiger partial charge is 0.340 e. The van der Waals surface area contributed by atoms with Gasteiger partial charge in [0.1, 0.15) is 22.1 Å². The Hall–Kier alpha value is -2.48. The molecule has 8 heteroatoms. The van der Waals surface area contributed by atoms with Crippen molar-refractivity contribution in [3.8, 4) is 5.75 Å². The molecule has 1 aromatic heterocycles. The van der Waals surface area contributed by atoms with E-state index in [1.807, 2.05) is 0 Å². The van der Waals surface area contributed by atoms with Crippen LogP contribution in [0.1, 0.15) is 26.4 Å². The molecular weight excluding hydrogens is 299 g/mol. The molecule has 0 fully saturated rings.